The van der Waals surface area contributed by atoms with Crippen LogP contribution in [0, 0.1) is 11.7 Å². The SMILES string of the molecule is CC(C)(C)OC(=O)CC1CCC(Nc2cc3c(-c4cc5ccccc5o4)cncc3cc2Cl)CC1.Fc1cc2c(-c3cc4ccccc4o3)cncc2cc1Cl. The fourth-order valence-electron chi connectivity index (χ4n) is 7.44. The van der Waals surface area contributed by atoms with E-state index in [1.807, 2.05) is 93.8 Å². The monoisotopic (exact) mass is 787 g/mol. The Morgan fingerprint density at radius 3 is 1.82 bits per heavy atom. The van der Waals surface area contributed by atoms with Gasteiger partial charge in [0.2, 0.25) is 0 Å². The second-order valence-corrected chi connectivity index (χ2v) is 16.2. The van der Waals surface area contributed by atoms with Gasteiger partial charge in [0.05, 0.1) is 15.7 Å². The molecule has 0 aliphatic heterocycles. The maximum absolute atomic E-state index is 13.8. The third-order valence-electron chi connectivity index (χ3n) is 10.1. The lowest BCUT2D eigenvalue weighted by Gasteiger charge is -2.30. The zero-order valence-electron chi connectivity index (χ0n) is 31.2. The summed E-state index contributed by atoms with van der Waals surface area (Å²) >= 11 is 12.5. The number of hydrogen-bond acceptors (Lipinski definition) is 7. The highest BCUT2D eigenvalue weighted by Crippen LogP contribution is 2.38. The Kier molecular flexibility index (Phi) is 10.4. The average molecular weight is 789 g/mol. The summed E-state index contributed by atoms with van der Waals surface area (Å²) in [5.41, 5.74) is 3.82. The van der Waals surface area contributed by atoms with E-state index >= 15 is 0 Å². The molecule has 1 saturated carbocycles. The maximum Gasteiger partial charge on any atom is 0.306 e. The molecule has 4 heterocycles. The van der Waals surface area contributed by atoms with Crippen LogP contribution < -0.4 is 5.32 Å². The van der Waals surface area contributed by atoms with Crippen molar-refractivity contribution in [1.82, 2.24) is 9.97 Å². The van der Waals surface area contributed by atoms with E-state index in [1.54, 1.807) is 18.5 Å². The van der Waals surface area contributed by atoms with Crippen LogP contribution in [0.5, 0.6) is 0 Å². The number of nitrogens with one attached hydrogen (secondary N) is 1. The fraction of sp³-hybridized carbons (Fsp3) is 0.239. The average Bonchev–Trinajstić information content (AvgIpc) is 3.80. The summed E-state index contributed by atoms with van der Waals surface area (Å²) in [5.74, 6) is 1.28. The number of nitrogens with zero attached hydrogens (tertiary/aromatic N) is 2. The van der Waals surface area contributed by atoms with Crippen molar-refractivity contribution in [2.45, 2.75) is 64.5 Å². The predicted octanol–water partition coefficient (Wildman–Crippen LogP) is 13.4. The number of hydrogen-bond donors (Lipinski definition) is 1. The molecule has 0 atom stereocenters. The van der Waals surface area contributed by atoms with Gasteiger partial charge in [-0.3, -0.25) is 14.8 Å². The lowest BCUT2D eigenvalue weighted by molar-refractivity contribution is -0.156. The van der Waals surface area contributed by atoms with Gasteiger partial charge in [0, 0.05) is 69.9 Å². The Morgan fingerprint density at radius 2 is 1.27 bits per heavy atom. The zero-order valence-corrected chi connectivity index (χ0v) is 32.8. The summed E-state index contributed by atoms with van der Waals surface area (Å²) in [6.07, 6.45) is 11.5. The van der Waals surface area contributed by atoms with Gasteiger partial charge in [-0.25, -0.2) is 4.39 Å². The number of pyridine rings is 2. The molecule has 0 radical (unpaired) electrons. The number of para-hydroxylation sites is 2. The van der Waals surface area contributed by atoms with Crippen molar-refractivity contribution < 1.29 is 22.8 Å². The molecule has 1 N–H and O–H groups in total. The first kappa shape index (κ1) is 37.5. The summed E-state index contributed by atoms with van der Waals surface area (Å²) in [6.45, 7) is 5.73. The van der Waals surface area contributed by atoms with Gasteiger partial charge in [-0.05, 0) is 112 Å². The highest BCUT2D eigenvalue weighted by atomic mass is 35.5. The van der Waals surface area contributed by atoms with Crippen molar-refractivity contribution in [2.75, 3.05) is 5.32 Å². The van der Waals surface area contributed by atoms with Gasteiger partial charge in [-0.2, -0.15) is 0 Å². The fourth-order valence-corrected chi connectivity index (χ4v) is 7.84. The number of ether oxygens (including phenoxy) is 1. The Labute approximate surface area is 333 Å². The smallest absolute Gasteiger partial charge is 0.306 e. The molecule has 1 aliphatic carbocycles. The van der Waals surface area contributed by atoms with Crippen molar-refractivity contribution in [1.29, 1.82) is 0 Å². The topological polar surface area (TPSA) is 90.4 Å². The second-order valence-electron chi connectivity index (χ2n) is 15.4. The van der Waals surface area contributed by atoms with E-state index in [2.05, 4.69) is 27.4 Å². The lowest BCUT2D eigenvalue weighted by Crippen LogP contribution is -2.29. The number of benzene rings is 4. The van der Waals surface area contributed by atoms with Crippen molar-refractivity contribution in [3.05, 3.63) is 126 Å². The van der Waals surface area contributed by atoms with Crippen LogP contribution in [0.4, 0.5) is 10.1 Å². The van der Waals surface area contributed by atoms with E-state index in [-0.39, 0.29) is 11.0 Å². The molecule has 9 rings (SSSR count). The summed E-state index contributed by atoms with van der Waals surface area (Å²) in [6, 6.07) is 27.1. The van der Waals surface area contributed by atoms with Crippen LogP contribution in [0.3, 0.4) is 0 Å². The first-order valence-electron chi connectivity index (χ1n) is 18.7. The molecule has 10 heteroatoms. The second kappa shape index (κ2) is 15.6. The van der Waals surface area contributed by atoms with E-state index in [0.29, 0.717) is 29.2 Å². The number of halogens is 3. The molecule has 4 aromatic heterocycles. The summed E-state index contributed by atoms with van der Waals surface area (Å²) in [5, 5.41) is 10.0. The molecule has 0 bridgehead atoms. The van der Waals surface area contributed by atoms with E-state index in [4.69, 9.17) is 36.8 Å². The Balaban J connectivity index is 0.000000178. The van der Waals surface area contributed by atoms with Gasteiger partial charge in [0.25, 0.3) is 0 Å². The minimum atomic E-state index is -0.451. The molecule has 0 amide bonds. The van der Waals surface area contributed by atoms with Gasteiger partial charge < -0.3 is 18.9 Å². The van der Waals surface area contributed by atoms with Crippen molar-refractivity contribution >= 4 is 78.3 Å². The summed E-state index contributed by atoms with van der Waals surface area (Å²) in [4.78, 5) is 20.8. The lowest BCUT2D eigenvalue weighted by atomic mass is 9.84. The quantitative estimate of drug-likeness (QED) is 0.168. The van der Waals surface area contributed by atoms with Gasteiger partial charge in [-0.15, -0.1) is 0 Å². The van der Waals surface area contributed by atoms with Crippen LogP contribution in [0.2, 0.25) is 10.0 Å². The highest BCUT2D eigenvalue weighted by molar-refractivity contribution is 6.34. The minimum Gasteiger partial charge on any atom is -0.460 e. The van der Waals surface area contributed by atoms with Crippen LogP contribution >= 0.6 is 23.2 Å². The molecule has 284 valence electrons. The summed E-state index contributed by atoms with van der Waals surface area (Å²) < 4.78 is 31.2. The Bertz CT molecular complexity index is 2640. The number of carbonyl (C=O) groups excluding carboxylic acids is 1. The van der Waals surface area contributed by atoms with E-state index < -0.39 is 11.4 Å². The number of furan rings is 2. The van der Waals surface area contributed by atoms with E-state index in [0.717, 1.165) is 91.7 Å². The molecule has 7 nitrogen and oxygen atoms in total. The molecule has 1 aliphatic rings. The van der Waals surface area contributed by atoms with Crippen LogP contribution in [0.15, 0.2) is 119 Å². The largest absolute Gasteiger partial charge is 0.460 e. The van der Waals surface area contributed by atoms with Crippen molar-refractivity contribution in [2.24, 2.45) is 5.92 Å². The molecule has 0 saturated heterocycles. The maximum atomic E-state index is 13.8. The number of anilines is 1. The zero-order chi connectivity index (χ0) is 39.0. The molecule has 0 unspecified atom stereocenters. The van der Waals surface area contributed by atoms with Gasteiger partial charge in [0.15, 0.2) is 0 Å². The first-order valence-corrected chi connectivity index (χ1v) is 19.5. The number of fused-ring (bicyclic) bond motifs is 4. The van der Waals surface area contributed by atoms with E-state index in [9.17, 15) is 9.18 Å². The Morgan fingerprint density at radius 1 is 0.732 bits per heavy atom. The third kappa shape index (κ3) is 8.23. The molecular formula is C46H40Cl2FN3O4. The van der Waals surface area contributed by atoms with Crippen LogP contribution in [-0.2, 0) is 9.53 Å². The molecule has 1 fully saturated rings. The standard InChI is InChI=1S/C29H31ClN2O3.C17H9ClFNO/c1-29(2,3)35-28(33)12-18-8-10-21(11-9-18)32-25-15-22-20(13-24(25)30)16-31-17-23(22)27-14-19-6-4-5-7-26(19)34-27;18-14-5-11-8-20-9-13(12(11)7-15(14)19)17-6-10-3-1-2-4-16(10)21-17/h4-7,13-18,21,32H,8-12H2,1-3H3;1-9H. The molecule has 0 spiro atoms. The molecule has 4 aromatic carbocycles. The molecule has 56 heavy (non-hydrogen) atoms. The van der Waals surface area contributed by atoms with Gasteiger partial charge >= 0.3 is 5.97 Å². The third-order valence-corrected chi connectivity index (χ3v) is 10.7. The van der Waals surface area contributed by atoms with Crippen molar-refractivity contribution in [3.8, 4) is 22.6 Å². The number of carbonyl (C=O) groups is 1. The predicted molar refractivity (Wildman–Crippen MR) is 224 cm³/mol. The first-order chi connectivity index (χ1) is 27.0. The molecule has 8 aromatic rings. The van der Waals surface area contributed by atoms with Gasteiger partial charge in [-0.1, -0.05) is 59.6 Å². The van der Waals surface area contributed by atoms with Gasteiger partial charge in [0.1, 0.15) is 34.1 Å². The minimum absolute atomic E-state index is 0.0889. The van der Waals surface area contributed by atoms with Crippen molar-refractivity contribution in [3.63, 3.8) is 0 Å². The Hall–Kier alpha value is -5.44. The molecular weight excluding hydrogens is 748 g/mol. The highest BCUT2D eigenvalue weighted by Gasteiger charge is 2.26. The number of esters is 1. The van der Waals surface area contributed by atoms with Crippen LogP contribution in [0.25, 0.3) is 66.1 Å². The normalized spacial score (nSPS) is 15.9. The van der Waals surface area contributed by atoms with Crippen LogP contribution in [0.1, 0.15) is 52.9 Å². The number of rotatable bonds is 6. The summed E-state index contributed by atoms with van der Waals surface area (Å²) in [7, 11) is 0. The van der Waals surface area contributed by atoms with E-state index in [1.165, 1.54) is 6.07 Å². The number of aromatic nitrogens is 2. The van der Waals surface area contributed by atoms with Crippen LogP contribution in [-0.4, -0.2) is 27.6 Å².